The minimum absolute atomic E-state index is 0.0417. The summed E-state index contributed by atoms with van der Waals surface area (Å²) in [5.74, 6) is 0.333. The van der Waals surface area contributed by atoms with E-state index in [1.165, 1.54) is 0 Å². The molecule has 58 valence electrons. The van der Waals surface area contributed by atoms with Gasteiger partial charge in [-0.1, -0.05) is 0 Å². The maximum absolute atomic E-state index is 10.0. The number of carbonyl (C=O) groups excluding carboxylic acids is 1. The Morgan fingerprint density at radius 2 is 2.40 bits per heavy atom. The summed E-state index contributed by atoms with van der Waals surface area (Å²) in [6.45, 7) is 0.0417. The first-order valence-electron chi connectivity index (χ1n) is 3.30. The number of hydrogen-bond acceptors (Lipinski definition) is 3. The van der Waals surface area contributed by atoms with Crippen LogP contribution in [0.5, 0.6) is 0 Å². The fraction of sp³-hybridized carbons (Fsp3) is 0.833. The van der Waals surface area contributed by atoms with Crippen LogP contribution in [0, 0.1) is 5.92 Å². The third-order valence-corrected chi connectivity index (χ3v) is 1.56. The minimum atomic E-state index is -0.820. The van der Waals surface area contributed by atoms with Gasteiger partial charge in [0.05, 0.1) is 6.10 Å². The Labute approximate surface area is 59.0 Å². The zero-order valence-electron chi connectivity index (χ0n) is 5.62. The van der Waals surface area contributed by atoms with Crippen LogP contribution < -0.4 is 5.73 Å². The van der Waals surface area contributed by atoms with Gasteiger partial charge in [-0.05, 0) is 18.8 Å². The average molecular weight is 145 g/mol. The standard InChI is InChI=1S/C6H11NO3/c7-6(9)10-3-5(8)4-1-2-4/h4-5,8H,1-3H2,(H2,7,9). The molecule has 1 amide bonds. The second-order valence-corrected chi connectivity index (χ2v) is 2.53. The Kier molecular flexibility index (Phi) is 2.11. The van der Waals surface area contributed by atoms with Gasteiger partial charge >= 0.3 is 6.09 Å². The van der Waals surface area contributed by atoms with Gasteiger partial charge in [0.2, 0.25) is 0 Å². The molecule has 0 bridgehead atoms. The molecule has 10 heavy (non-hydrogen) atoms. The molecular weight excluding hydrogens is 134 g/mol. The van der Waals surface area contributed by atoms with Crippen molar-refractivity contribution in [3.63, 3.8) is 0 Å². The van der Waals surface area contributed by atoms with Crippen LogP contribution in [0.25, 0.3) is 0 Å². The second kappa shape index (κ2) is 2.88. The summed E-state index contributed by atoms with van der Waals surface area (Å²) in [5.41, 5.74) is 4.69. The molecule has 1 atom stereocenters. The van der Waals surface area contributed by atoms with E-state index in [0.29, 0.717) is 5.92 Å². The molecule has 3 N–H and O–H groups in total. The molecule has 0 saturated heterocycles. The summed E-state index contributed by atoms with van der Waals surface area (Å²) < 4.78 is 4.39. The normalized spacial score (nSPS) is 20.1. The highest BCUT2D eigenvalue weighted by Gasteiger charge is 2.30. The molecule has 1 aliphatic carbocycles. The van der Waals surface area contributed by atoms with Gasteiger partial charge in [0.25, 0.3) is 0 Å². The highest BCUT2D eigenvalue weighted by molar-refractivity contribution is 5.64. The SMILES string of the molecule is NC(=O)OCC(O)C1CC1. The first-order chi connectivity index (χ1) is 4.70. The van der Waals surface area contributed by atoms with Gasteiger partial charge in [-0.3, -0.25) is 0 Å². The lowest BCUT2D eigenvalue weighted by Crippen LogP contribution is -2.23. The topological polar surface area (TPSA) is 72.6 Å². The number of aliphatic hydroxyl groups is 1. The molecule has 0 heterocycles. The Morgan fingerprint density at radius 3 is 2.80 bits per heavy atom. The average Bonchev–Trinajstić information content (AvgIpc) is 2.63. The van der Waals surface area contributed by atoms with Crippen molar-refractivity contribution in [1.82, 2.24) is 0 Å². The van der Waals surface area contributed by atoms with Crippen LogP contribution in [0.4, 0.5) is 4.79 Å². The summed E-state index contributed by atoms with van der Waals surface area (Å²) in [7, 11) is 0. The first kappa shape index (κ1) is 7.34. The van der Waals surface area contributed by atoms with Crippen molar-refractivity contribution in [2.45, 2.75) is 18.9 Å². The number of aliphatic hydroxyl groups excluding tert-OH is 1. The Hall–Kier alpha value is -0.770. The van der Waals surface area contributed by atoms with E-state index in [9.17, 15) is 4.79 Å². The van der Waals surface area contributed by atoms with Gasteiger partial charge in [0.1, 0.15) is 6.61 Å². The number of amides is 1. The molecule has 0 aromatic heterocycles. The fourth-order valence-electron chi connectivity index (χ4n) is 0.785. The fourth-order valence-corrected chi connectivity index (χ4v) is 0.785. The van der Waals surface area contributed by atoms with E-state index in [2.05, 4.69) is 10.5 Å². The Bertz CT molecular complexity index is 133. The van der Waals surface area contributed by atoms with E-state index in [0.717, 1.165) is 12.8 Å². The number of ether oxygens (including phenoxy) is 1. The molecular formula is C6H11NO3. The van der Waals surface area contributed by atoms with Crippen LogP contribution in [0.15, 0.2) is 0 Å². The van der Waals surface area contributed by atoms with Crippen LogP contribution in [0.3, 0.4) is 0 Å². The van der Waals surface area contributed by atoms with Crippen molar-refractivity contribution in [2.24, 2.45) is 11.7 Å². The van der Waals surface area contributed by atoms with Crippen molar-refractivity contribution in [1.29, 1.82) is 0 Å². The van der Waals surface area contributed by atoms with E-state index in [1.54, 1.807) is 0 Å². The first-order valence-corrected chi connectivity index (χ1v) is 3.30. The van der Waals surface area contributed by atoms with E-state index >= 15 is 0 Å². The molecule has 1 unspecified atom stereocenters. The molecule has 4 heteroatoms. The number of rotatable bonds is 3. The molecule has 0 aromatic rings. The van der Waals surface area contributed by atoms with Gasteiger partial charge in [0, 0.05) is 0 Å². The van der Waals surface area contributed by atoms with E-state index in [4.69, 9.17) is 5.11 Å². The van der Waals surface area contributed by atoms with Gasteiger partial charge in [-0.15, -0.1) is 0 Å². The quantitative estimate of drug-likeness (QED) is 0.580. The molecule has 1 fully saturated rings. The molecule has 1 rings (SSSR count). The van der Waals surface area contributed by atoms with Crippen molar-refractivity contribution in [3.05, 3.63) is 0 Å². The molecule has 0 aromatic carbocycles. The summed E-state index contributed by atoms with van der Waals surface area (Å²) in [6.07, 6.45) is 0.735. The van der Waals surface area contributed by atoms with Gasteiger partial charge < -0.3 is 15.6 Å². The largest absolute Gasteiger partial charge is 0.447 e. The zero-order valence-corrected chi connectivity index (χ0v) is 5.62. The predicted octanol–water partition coefficient (Wildman–Crippen LogP) is -0.147. The van der Waals surface area contributed by atoms with E-state index < -0.39 is 12.2 Å². The Balaban J connectivity index is 2.05. The zero-order chi connectivity index (χ0) is 7.56. The van der Waals surface area contributed by atoms with Gasteiger partial charge in [-0.25, -0.2) is 4.79 Å². The van der Waals surface area contributed by atoms with Crippen LogP contribution >= 0.6 is 0 Å². The maximum Gasteiger partial charge on any atom is 0.404 e. The summed E-state index contributed by atoms with van der Waals surface area (Å²) in [6, 6.07) is 0. The predicted molar refractivity (Wildman–Crippen MR) is 34.3 cm³/mol. The van der Waals surface area contributed by atoms with Gasteiger partial charge in [0.15, 0.2) is 0 Å². The van der Waals surface area contributed by atoms with Crippen LogP contribution in [-0.4, -0.2) is 23.9 Å². The lowest BCUT2D eigenvalue weighted by molar-refractivity contribution is 0.0602. The molecule has 0 spiro atoms. The van der Waals surface area contributed by atoms with Crippen LogP contribution in [0.1, 0.15) is 12.8 Å². The lowest BCUT2D eigenvalue weighted by Gasteiger charge is -2.07. The lowest BCUT2D eigenvalue weighted by atomic mass is 10.2. The minimum Gasteiger partial charge on any atom is -0.447 e. The van der Waals surface area contributed by atoms with Crippen molar-refractivity contribution in [3.8, 4) is 0 Å². The number of carbonyl (C=O) groups is 1. The number of primary amides is 1. The van der Waals surface area contributed by atoms with Crippen molar-refractivity contribution in [2.75, 3.05) is 6.61 Å². The maximum atomic E-state index is 10.0. The van der Waals surface area contributed by atoms with E-state index in [-0.39, 0.29) is 6.61 Å². The van der Waals surface area contributed by atoms with Crippen LogP contribution in [0.2, 0.25) is 0 Å². The highest BCUT2D eigenvalue weighted by atomic mass is 16.6. The summed E-state index contributed by atoms with van der Waals surface area (Å²) in [5, 5.41) is 9.11. The van der Waals surface area contributed by atoms with E-state index in [1.807, 2.05) is 0 Å². The molecule has 1 saturated carbocycles. The second-order valence-electron chi connectivity index (χ2n) is 2.53. The Morgan fingerprint density at radius 1 is 1.80 bits per heavy atom. The third kappa shape index (κ3) is 2.23. The summed E-state index contributed by atoms with van der Waals surface area (Å²) >= 11 is 0. The summed E-state index contributed by atoms with van der Waals surface area (Å²) in [4.78, 5) is 10.0. The number of hydrogen-bond donors (Lipinski definition) is 2. The van der Waals surface area contributed by atoms with Gasteiger partial charge in [-0.2, -0.15) is 0 Å². The monoisotopic (exact) mass is 145 g/mol. The van der Waals surface area contributed by atoms with Crippen LogP contribution in [-0.2, 0) is 4.74 Å². The molecule has 4 nitrogen and oxygen atoms in total. The highest BCUT2D eigenvalue weighted by Crippen LogP contribution is 2.32. The third-order valence-electron chi connectivity index (χ3n) is 1.56. The number of nitrogens with two attached hydrogens (primary N) is 1. The van der Waals surface area contributed by atoms with Crippen molar-refractivity contribution >= 4 is 6.09 Å². The molecule has 1 aliphatic rings. The smallest absolute Gasteiger partial charge is 0.404 e. The molecule has 0 radical (unpaired) electrons. The van der Waals surface area contributed by atoms with Crippen molar-refractivity contribution < 1.29 is 14.6 Å². The molecule has 0 aliphatic heterocycles.